The second kappa shape index (κ2) is 4.78. The normalized spacial score (nSPS) is 18.1. The third-order valence-electron chi connectivity index (χ3n) is 2.34. The lowest BCUT2D eigenvalue weighted by atomic mass is 10.0. The Labute approximate surface area is 114 Å². The largest absolute Gasteiger partial charge is 0.481 e. The minimum absolute atomic E-state index is 0.0787. The van der Waals surface area contributed by atoms with Gasteiger partial charge >= 0.3 is 5.97 Å². The summed E-state index contributed by atoms with van der Waals surface area (Å²) in [7, 11) is 0. The fourth-order valence-corrected chi connectivity index (χ4v) is 2.94. The number of ether oxygens (including phenoxy) is 1. The van der Waals surface area contributed by atoms with Crippen molar-refractivity contribution in [2.45, 2.75) is 6.10 Å². The summed E-state index contributed by atoms with van der Waals surface area (Å²) in [6, 6.07) is 3.48. The van der Waals surface area contributed by atoms with Gasteiger partial charge in [0.1, 0.15) is 12.4 Å². The number of carboxylic acid groups (broad SMARTS) is 1. The predicted molar refractivity (Wildman–Crippen MR) is 67.8 cm³/mol. The van der Waals surface area contributed by atoms with Crippen molar-refractivity contribution in [3.05, 3.63) is 32.2 Å². The molecule has 90 valence electrons. The van der Waals surface area contributed by atoms with Gasteiger partial charge in [0.2, 0.25) is 0 Å². The number of rotatable bonds is 2. The Morgan fingerprint density at radius 3 is 2.76 bits per heavy atom. The van der Waals surface area contributed by atoms with Crippen LogP contribution in [0.1, 0.15) is 5.56 Å². The first-order valence-corrected chi connectivity index (χ1v) is 6.28. The Kier molecular flexibility index (Phi) is 3.53. The maximum atomic E-state index is 12.7. The first-order chi connectivity index (χ1) is 8.02. The molecule has 1 N–H and O–H groups in total. The molecule has 0 aromatic heterocycles. The minimum atomic E-state index is -1.17. The molecule has 1 aromatic carbocycles. The van der Waals surface area contributed by atoms with Crippen LogP contribution in [-0.2, 0) is 4.79 Å². The number of aliphatic carboxylic acids is 1. The van der Waals surface area contributed by atoms with Crippen LogP contribution >= 0.6 is 31.9 Å². The molecule has 6 heteroatoms. The van der Waals surface area contributed by atoms with Crippen LogP contribution in [0.5, 0.6) is 5.75 Å². The molecule has 0 aliphatic carbocycles. The third-order valence-corrected chi connectivity index (χ3v) is 3.39. The van der Waals surface area contributed by atoms with Gasteiger partial charge in [-0.1, -0.05) is 15.9 Å². The summed E-state index contributed by atoms with van der Waals surface area (Å²) in [5.41, 5.74) is 0.526. The van der Waals surface area contributed by atoms with Gasteiger partial charge in [0.15, 0.2) is 6.10 Å². The average Bonchev–Trinajstić information content (AvgIpc) is 2.27. The van der Waals surface area contributed by atoms with Crippen LogP contribution in [0.15, 0.2) is 26.7 Å². The zero-order valence-corrected chi connectivity index (χ0v) is 11.6. The van der Waals surface area contributed by atoms with Gasteiger partial charge < -0.3 is 9.84 Å². The Hall–Kier alpha value is -0.880. The summed E-state index contributed by atoms with van der Waals surface area (Å²) in [5, 5.41) is 8.97. The van der Waals surface area contributed by atoms with Gasteiger partial charge in [0.05, 0.1) is 10.0 Å². The number of carboxylic acids is 1. The number of fused-ring (bicyclic) bond motifs is 1. The number of carbonyl (C=O) groups is 1. The van der Waals surface area contributed by atoms with Gasteiger partial charge in [-0.25, -0.2) is 9.18 Å². The molecule has 0 saturated heterocycles. The summed E-state index contributed by atoms with van der Waals surface area (Å²) in [4.78, 5) is 11.0. The lowest BCUT2D eigenvalue weighted by molar-refractivity contribution is -0.133. The van der Waals surface area contributed by atoms with E-state index in [1.807, 2.05) is 0 Å². The summed E-state index contributed by atoms with van der Waals surface area (Å²) in [6.45, 7) is -0.875. The van der Waals surface area contributed by atoms with Gasteiger partial charge in [-0.2, -0.15) is 0 Å². The van der Waals surface area contributed by atoms with E-state index in [0.717, 1.165) is 4.47 Å². The van der Waals surface area contributed by atoms with Crippen molar-refractivity contribution in [3.63, 3.8) is 0 Å². The van der Waals surface area contributed by atoms with Gasteiger partial charge in [-0.05, 0) is 34.1 Å². The highest BCUT2D eigenvalue weighted by molar-refractivity contribution is 9.11. The first kappa shape index (κ1) is 12.6. The van der Waals surface area contributed by atoms with E-state index in [9.17, 15) is 9.18 Å². The lowest BCUT2D eigenvalue weighted by Gasteiger charge is -2.24. The molecular formula is C11H7Br2FO3. The van der Waals surface area contributed by atoms with E-state index in [1.54, 1.807) is 12.1 Å². The van der Waals surface area contributed by atoms with Crippen molar-refractivity contribution < 1.29 is 19.0 Å². The van der Waals surface area contributed by atoms with Crippen molar-refractivity contribution in [2.75, 3.05) is 6.67 Å². The molecule has 0 radical (unpaired) electrons. The molecule has 1 unspecified atom stereocenters. The maximum Gasteiger partial charge on any atom is 0.335 e. The van der Waals surface area contributed by atoms with Crippen LogP contribution in [0.3, 0.4) is 0 Å². The molecule has 0 fully saturated rings. The van der Waals surface area contributed by atoms with E-state index in [0.29, 0.717) is 15.8 Å². The second-order valence-electron chi connectivity index (χ2n) is 3.47. The molecule has 3 nitrogen and oxygen atoms in total. The second-order valence-corrected chi connectivity index (χ2v) is 5.24. The Bertz CT molecular complexity index is 514. The molecule has 17 heavy (non-hydrogen) atoms. The van der Waals surface area contributed by atoms with Crippen molar-refractivity contribution in [3.8, 4) is 5.75 Å². The molecule has 0 bridgehead atoms. The highest BCUT2D eigenvalue weighted by atomic mass is 79.9. The molecule has 1 aromatic rings. The van der Waals surface area contributed by atoms with Gasteiger partial charge in [-0.15, -0.1) is 0 Å². The molecule has 0 amide bonds. The topological polar surface area (TPSA) is 46.5 Å². The Balaban J connectivity index is 2.57. The van der Waals surface area contributed by atoms with Crippen LogP contribution in [0.2, 0.25) is 0 Å². The smallest absolute Gasteiger partial charge is 0.335 e. The molecule has 2 rings (SSSR count). The summed E-state index contributed by atoms with van der Waals surface area (Å²) in [6.07, 6.45) is 0.374. The summed E-state index contributed by atoms with van der Waals surface area (Å²) >= 11 is 6.59. The van der Waals surface area contributed by atoms with Crippen LogP contribution < -0.4 is 4.74 Å². The number of alkyl halides is 1. The van der Waals surface area contributed by atoms with Crippen LogP contribution in [0.25, 0.3) is 6.08 Å². The Morgan fingerprint density at radius 1 is 1.47 bits per heavy atom. The third kappa shape index (κ3) is 2.37. The number of hydrogen-bond donors (Lipinski definition) is 1. The number of hydrogen-bond acceptors (Lipinski definition) is 2. The zero-order chi connectivity index (χ0) is 12.6. The zero-order valence-electron chi connectivity index (χ0n) is 8.41. The van der Waals surface area contributed by atoms with E-state index >= 15 is 0 Å². The quantitative estimate of drug-likeness (QED) is 0.873. The van der Waals surface area contributed by atoms with Crippen molar-refractivity contribution >= 4 is 43.9 Å². The fraction of sp³-hybridized carbons (Fsp3) is 0.182. The summed E-state index contributed by atoms with van der Waals surface area (Å²) < 4.78 is 19.5. The van der Waals surface area contributed by atoms with E-state index in [4.69, 9.17) is 9.84 Å². The van der Waals surface area contributed by atoms with Crippen LogP contribution in [0, 0.1) is 0 Å². The minimum Gasteiger partial charge on any atom is -0.481 e. The standard InChI is InChI=1S/C11H7Br2FO3/c12-6-1-5-2-7(11(15)16)9(4-14)17-10(5)8(13)3-6/h1-3,9H,4H2,(H,15,16). The fourth-order valence-electron chi connectivity index (χ4n) is 1.59. The van der Waals surface area contributed by atoms with Gasteiger partial charge in [0.25, 0.3) is 0 Å². The lowest BCUT2D eigenvalue weighted by Crippen LogP contribution is -2.29. The summed E-state index contributed by atoms with van der Waals surface area (Å²) in [5.74, 6) is -0.713. The number of halogens is 3. The monoisotopic (exact) mass is 364 g/mol. The molecule has 1 atom stereocenters. The van der Waals surface area contributed by atoms with Crippen LogP contribution in [-0.4, -0.2) is 23.9 Å². The van der Waals surface area contributed by atoms with E-state index in [2.05, 4.69) is 31.9 Å². The molecule has 1 aliphatic rings. The van der Waals surface area contributed by atoms with Gasteiger partial charge in [0, 0.05) is 10.0 Å². The number of benzene rings is 1. The highest BCUT2D eigenvalue weighted by Gasteiger charge is 2.28. The van der Waals surface area contributed by atoms with Crippen molar-refractivity contribution in [2.24, 2.45) is 0 Å². The molecule has 1 aliphatic heterocycles. The molecule has 0 spiro atoms. The SMILES string of the molecule is O=C(O)C1=Cc2cc(Br)cc(Br)c2OC1CF. The van der Waals surface area contributed by atoms with E-state index in [1.165, 1.54) is 6.08 Å². The highest BCUT2D eigenvalue weighted by Crippen LogP contribution is 2.38. The first-order valence-electron chi connectivity index (χ1n) is 4.69. The molecule has 1 heterocycles. The maximum absolute atomic E-state index is 12.7. The van der Waals surface area contributed by atoms with Crippen molar-refractivity contribution in [1.82, 2.24) is 0 Å². The average molecular weight is 366 g/mol. The van der Waals surface area contributed by atoms with Crippen LogP contribution in [0.4, 0.5) is 4.39 Å². The molecule has 0 saturated carbocycles. The van der Waals surface area contributed by atoms with E-state index in [-0.39, 0.29) is 5.57 Å². The Morgan fingerprint density at radius 2 is 2.18 bits per heavy atom. The van der Waals surface area contributed by atoms with Crippen molar-refractivity contribution in [1.29, 1.82) is 0 Å². The molecular weight excluding hydrogens is 359 g/mol. The predicted octanol–water partition coefficient (Wildman–Crippen LogP) is 3.41. The van der Waals surface area contributed by atoms with Gasteiger partial charge in [-0.3, -0.25) is 0 Å². The van der Waals surface area contributed by atoms with E-state index < -0.39 is 18.7 Å².